The van der Waals surface area contributed by atoms with E-state index >= 15 is 0 Å². The fraction of sp³-hybridized carbons (Fsp3) is 0.333. The Hall–Kier alpha value is -1.88. The van der Waals surface area contributed by atoms with Crippen LogP contribution in [-0.4, -0.2) is 37.3 Å². The van der Waals surface area contributed by atoms with Crippen LogP contribution in [0.1, 0.15) is 12.5 Å². The van der Waals surface area contributed by atoms with E-state index in [9.17, 15) is 8.78 Å². The average molecular weight is 527 g/mol. The van der Waals surface area contributed by atoms with Gasteiger partial charge in [0.15, 0.2) is 5.96 Å². The van der Waals surface area contributed by atoms with Crippen molar-refractivity contribution in [3.8, 4) is 11.5 Å². The molecule has 0 aliphatic carbocycles. The minimum absolute atomic E-state index is 0. The molecule has 0 bridgehead atoms. The Morgan fingerprint density at radius 2 is 2.11 bits per heavy atom. The third kappa shape index (κ3) is 8.87. The van der Waals surface area contributed by atoms with Gasteiger partial charge in [-0.25, -0.2) is 4.99 Å². The summed E-state index contributed by atoms with van der Waals surface area (Å²) in [6.45, 7) is 0.689. The molecule has 0 unspecified atom stereocenters. The lowest BCUT2D eigenvalue weighted by molar-refractivity contribution is -0.0504. The highest BCUT2D eigenvalue weighted by Crippen LogP contribution is 2.25. The summed E-state index contributed by atoms with van der Waals surface area (Å²) < 4.78 is 35.1. The van der Waals surface area contributed by atoms with E-state index in [0.717, 1.165) is 0 Å². The summed E-state index contributed by atoms with van der Waals surface area (Å²) in [6.07, 6.45) is 3.30. The van der Waals surface area contributed by atoms with E-state index < -0.39 is 6.61 Å². The van der Waals surface area contributed by atoms with Crippen LogP contribution in [0.4, 0.5) is 8.78 Å². The number of nitrogens with zero attached hydrogens (tertiary/aromatic N) is 2. The van der Waals surface area contributed by atoms with Crippen LogP contribution in [-0.2, 0) is 6.54 Å². The van der Waals surface area contributed by atoms with Crippen LogP contribution < -0.4 is 20.1 Å². The van der Waals surface area contributed by atoms with Crippen LogP contribution in [0, 0.1) is 0 Å². The SMILES string of the molecule is CCNC(=NCc1cc(Cl)ccc1OC(F)F)NCCOc1cccnc1.I. The minimum Gasteiger partial charge on any atom is -0.490 e. The second-order valence-corrected chi connectivity index (χ2v) is 5.73. The van der Waals surface area contributed by atoms with Crippen molar-refractivity contribution in [3.63, 3.8) is 0 Å². The number of halogens is 4. The van der Waals surface area contributed by atoms with Gasteiger partial charge in [0, 0.05) is 23.3 Å². The molecule has 0 atom stereocenters. The second-order valence-electron chi connectivity index (χ2n) is 5.29. The topological polar surface area (TPSA) is 67.8 Å². The molecule has 0 saturated heterocycles. The fourth-order valence-corrected chi connectivity index (χ4v) is 2.35. The summed E-state index contributed by atoms with van der Waals surface area (Å²) in [4.78, 5) is 8.35. The van der Waals surface area contributed by atoms with Gasteiger partial charge >= 0.3 is 6.61 Å². The molecule has 0 aliphatic rings. The lowest BCUT2D eigenvalue weighted by Crippen LogP contribution is -2.39. The number of ether oxygens (including phenoxy) is 2. The van der Waals surface area contributed by atoms with Gasteiger partial charge in [0.2, 0.25) is 0 Å². The third-order valence-electron chi connectivity index (χ3n) is 3.29. The summed E-state index contributed by atoms with van der Waals surface area (Å²) >= 11 is 5.95. The first-order chi connectivity index (χ1) is 13.1. The number of guanidine groups is 1. The van der Waals surface area contributed by atoms with Gasteiger partial charge in [0.1, 0.15) is 18.1 Å². The van der Waals surface area contributed by atoms with Crippen molar-refractivity contribution >= 4 is 41.5 Å². The summed E-state index contributed by atoms with van der Waals surface area (Å²) in [5.74, 6) is 1.25. The van der Waals surface area contributed by atoms with Gasteiger partial charge in [-0.05, 0) is 37.3 Å². The molecule has 6 nitrogen and oxygen atoms in total. The van der Waals surface area contributed by atoms with Crippen molar-refractivity contribution in [1.82, 2.24) is 15.6 Å². The molecule has 0 saturated carbocycles. The highest BCUT2D eigenvalue weighted by molar-refractivity contribution is 14.0. The molecule has 2 N–H and O–H groups in total. The van der Waals surface area contributed by atoms with Crippen LogP contribution >= 0.6 is 35.6 Å². The number of aliphatic imine (C=N–C) groups is 1. The van der Waals surface area contributed by atoms with Gasteiger partial charge in [-0.15, -0.1) is 24.0 Å². The Balaban J connectivity index is 0.00000392. The van der Waals surface area contributed by atoms with Crippen molar-refractivity contribution < 1.29 is 18.3 Å². The monoisotopic (exact) mass is 526 g/mol. The van der Waals surface area contributed by atoms with Crippen LogP contribution in [0.5, 0.6) is 11.5 Å². The van der Waals surface area contributed by atoms with Crippen molar-refractivity contribution in [2.24, 2.45) is 4.99 Å². The molecule has 1 aromatic heterocycles. The Morgan fingerprint density at radius 1 is 1.29 bits per heavy atom. The predicted octanol–water partition coefficient (Wildman–Crippen LogP) is 4.09. The van der Waals surface area contributed by atoms with Crippen LogP contribution in [0.2, 0.25) is 5.02 Å². The lowest BCUT2D eigenvalue weighted by Gasteiger charge is -2.13. The van der Waals surface area contributed by atoms with Gasteiger partial charge < -0.3 is 20.1 Å². The number of nitrogens with one attached hydrogen (secondary N) is 2. The Kier molecular flexibility index (Phi) is 11.5. The first-order valence-corrected chi connectivity index (χ1v) is 8.74. The minimum atomic E-state index is -2.91. The largest absolute Gasteiger partial charge is 0.490 e. The maximum absolute atomic E-state index is 12.5. The number of benzene rings is 1. The lowest BCUT2D eigenvalue weighted by atomic mass is 10.2. The zero-order valence-electron chi connectivity index (χ0n) is 15.2. The Labute approximate surface area is 184 Å². The van der Waals surface area contributed by atoms with Crippen molar-refractivity contribution in [2.75, 3.05) is 19.7 Å². The van der Waals surface area contributed by atoms with E-state index in [1.165, 1.54) is 12.1 Å². The maximum atomic E-state index is 12.5. The maximum Gasteiger partial charge on any atom is 0.387 e. The van der Waals surface area contributed by atoms with Crippen LogP contribution in [0.15, 0.2) is 47.7 Å². The van der Waals surface area contributed by atoms with Gasteiger partial charge in [-0.3, -0.25) is 4.98 Å². The molecule has 0 amide bonds. The Bertz CT molecular complexity index is 739. The van der Waals surface area contributed by atoms with Crippen LogP contribution in [0.3, 0.4) is 0 Å². The van der Waals surface area contributed by atoms with Gasteiger partial charge in [0.05, 0.1) is 19.3 Å². The summed E-state index contributed by atoms with van der Waals surface area (Å²) in [5, 5.41) is 6.60. The molecule has 0 spiro atoms. The Morgan fingerprint density at radius 3 is 2.79 bits per heavy atom. The molecule has 10 heteroatoms. The molecule has 28 heavy (non-hydrogen) atoms. The van der Waals surface area contributed by atoms with E-state index in [1.807, 2.05) is 13.0 Å². The molecular formula is C18H22ClF2IN4O2. The van der Waals surface area contributed by atoms with Crippen molar-refractivity contribution in [3.05, 3.63) is 53.3 Å². The average Bonchev–Trinajstić information content (AvgIpc) is 2.65. The predicted molar refractivity (Wildman–Crippen MR) is 116 cm³/mol. The number of rotatable bonds is 9. The summed E-state index contributed by atoms with van der Waals surface area (Å²) in [6, 6.07) is 8.05. The normalized spacial score (nSPS) is 11.0. The molecule has 2 rings (SSSR count). The van der Waals surface area contributed by atoms with E-state index in [2.05, 4.69) is 25.3 Å². The highest BCUT2D eigenvalue weighted by Gasteiger charge is 2.10. The van der Waals surface area contributed by atoms with E-state index in [4.69, 9.17) is 16.3 Å². The molecule has 1 heterocycles. The first-order valence-electron chi connectivity index (χ1n) is 8.36. The van der Waals surface area contributed by atoms with Gasteiger partial charge in [-0.2, -0.15) is 8.78 Å². The van der Waals surface area contributed by atoms with Crippen molar-refractivity contribution in [1.29, 1.82) is 0 Å². The zero-order chi connectivity index (χ0) is 19.5. The quantitative estimate of drug-likeness (QED) is 0.223. The summed E-state index contributed by atoms with van der Waals surface area (Å²) in [7, 11) is 0. The molecule has 1 aromatic carbocycles. The zero-order valence-corrected chi connectivity index (χ0v) is 18.3. The van der Waals surface area contributed by atoms with Gasteiger partial charge in [-0.1, -0.05) is 11.6 Å². The molecule has 0 aliphatic heterocycles. The third-order valence-corrected chi connectivity index (χ3v) is 3.52. The standard InChI is InChI=1S/C18H21ClF2N4O2.HI/c1-2-23-18(24-8-9-26-15-4-3-7-22-12-15)25-11-13-10-14(19)5-6-16(13)27-17(20)21;/h3-7,10,12,17H,2,8-9,11H2,1H3,(H2,23,24,25);1H. The number of hydrogen-bond donors (Lipinski definition) is 2. The van der Waals surface area contributed by atoms with E-state index in [0.29, 0.717) is 42.0 Å². The molecule has 2 aromatic rings. The van der Waals surface area contributed by atoms with Gasteiger partial charge in [0.25, 0.3) is 0 Å². The number of alkyl halides is 2. The molecule has 154 valence electrons. The van der Waals surface area contributed by atoms with Crippen LogP contribution in [0.25, 0.3) is 0 Å². The molecular weight excluding hydrogens is 505 g/mol. The fourth-order valence-electron chi connectivity index (χ4n) is 2.16. The van der Waals surface area contributed by atoms with E-state index in [-0.39, 0.29) is 36.3 Å². The molecule has 0 radical (unpaired) electrons. The van der Waals surface area contributed by atoms with Crippen molar-refractivity contribution in [2.45, 2.75) is 20.1 Å². The highest BCUT2D eigenvalue weighted by atomic mass is 127. The number of aromatic nitrogens is 1. The number of hydrogen-bond acceptors (Lipinski definition) is 4. The molecule has 0 fully saturated rings. The van der Waals surface area contributed by atoms with E-state index in [1.54, 1.807) is 24.5 Å². The first kappa shape index (κ1) is 24.2. The second kappa shape index (κ2) is 13.3. The smallest absolute Gasteiger partial charge is 0.387 e. The summed E-state index contributed by atoms with van der Waals surface area (Å²) in [5.41, 5.74) is 0.464. The number of pyridine rings is 1.